The van der Waals surface area contributed by atoms with Crippen LogP contribution in [0, 0.1) is 0 Å². The predicted octanol–water partition coefficient (Wildman–Crippen LogP) is 14.7. The molecule has 0 fully saturated rings. The van der Waals surface area contributed by atoms with Crippen molar-refractivity contribution in [1.29, 1.82) is 0 Å². The van der Waals surface area contributed by atoms with Gasteiger partial charge in [0.05, 0.1) is 11.1 Å². The van der Waals surface area contributed by atoms with Gasteiger partial charge in [-0.25, -0.2) is 0 Å². The molecule has 1 spiro atoms. The van der Waals surface area contributed by atoms with Gasteiger partial charge in [-0.2, -0.15) is 0 Å². The summed E-state index contributed by atoms with van der Waals surface area (Å²) in [6.07, 6.45) is 0. The van der Waals surface area contributed by atoms with Crippen LogP contribution in [0.1, 0.15) is 22.3 Å². The topological polar surface area (TPSA) is 16.4 Å². The van der Waals surface area contributed by atoms with Gasteiger partial charge in [0.15, 0.2) is 0 Å². The zero-order valence-electron chi connectivity index (χ0n) is 30.9. The standard InChI is InChI=1S/C55H33NO/c1-2-12-35(13-3-1)39-14-5-8-22-50(39)56(38-29-31-43-42-16-6-9-23-51(42)57-52(43)33-38)37-27-24-34(25-28-37)36-26-30-41-45-18-11-20-47-46-19-10-17-44-40-15-4-7-21-48(40)55(53(44)46,54(45)47)49(41)32-36/h1-33H. The molecule has 3 aliphatic rings. The van der Waals surface area contributed by atoms with Crippen molar-refractivity contribution < 1.29 is 4.42 Å². The summed E-state index contributed by atoms with van der Waals surface area (Å²) in [4.78, 5) is 2.37. The van der Waals surface area contributed by atoms with Crippen LogP contribution >= 0.6 is 0 Å². The summed E-state index contributed by atoms with van der Waals surface area (Å²) >= 11 is 0. The first-order chi connectivity index (χ1) is 28.3. The lowest BCUT2D eigenvalue weighted by molar-refractivity contribution is 0.669. The van der Waals surface area contributed by atoms with Crippen LogP contribution in [0.3, 0.4) is 0 Å². The molecule has 9 aromatic carbocycles. The molecule has 0 saturated carbocycles. The van der Waals surface area contributed by atoms with E-state index in [1.54, 1.807) is 0 Å². The normalized spacial score (nSPS) is 15.1. The first kappa shape index (κ1) is 30.9. The number of hydrogen-bond acceptors (Lipinski definition) is 2. The van der Waals surface area contributed by atoms with E-state index in [1.807, 2.05) is 12.1 Å². The summed E-state index contributed by atoms with van der Waals surface area (Å²) in [5, 5.41) is 2.25. The quantitative estimate of drug-likeness (QED) is 0.176. The van der Waals surface area contributed by atoms with Crippen molar-refractivity contribution in [3.05, 3.63) is 222 Å². The summed E-state index contributed by atoms with van der Waals surface area (Å²) in [6, 6.07) is 73.4. The minimum absolute atomic E-state index is 0.299. The zero-order chi connectivity index (χ0) is 37.2. The number of anilines is 3. The number of rotatable bonds is 5. The molecule has 264 valence electrons. The van der Waals surface area contributed by atoms with Crippen LogP contribution in [0.2, 0.25) is 0 Å². The molecule has 2 nitrogen and oxygen atoms in total. The second kappa shape index (κ2) is 11.3. The SMILES string of the molecule is c1ccc(-c2ccccc2N(c2ccc(-c3ccc4c(c3)C35c6ccccc6-c6cccc(c63)-c3cccc-4c35)cc2)c2ccc3c(c2)oc2ccccc23)cc1. The van der Waals surface area contributed by atoms with E-state index in [1.165, 1.54) is 72.3 Å². The molecule has 0 saturated heterocycles. The van der Waals surface area contributed by atoms with Crippen molar-refractivity contribution in [2.45, 2.75) is 5.41 Å². The molecular formula is C55H33NO. The van der Waals surface area contributed by atoms with E-state index in [0.717, 1.165) is 44.6 Å². The van der Waals surface area contributed by atoms with E-state index in [0.29, 0.717) is 0 Å². The molecular weight excluding hydrogens is 691 g/mol. The molecule has 2 heteroatoms. The molecule has 0 aliphatic heterocycles. The number of fused-ring (bicyclic) bond motifs is 8. The Balaban J connectivity index is 0.972. The van der Waals surface area contributed by atoms with Crippen LogP contribution in [-0.2, 0) is 5.41 Å². The Kier molecular flexibility index (Phi) is 6.13. The molecule has 1 atom stereocenters. The van der Waals surface area contributed by atoms with Crippen LogP contribution in [0.5, 0.6) is 0 Å². The van der Waals surface area contributed by atoms with Crippen LogP contribution in [0.15, 0.2) is 205 Å². The average Bonchev–Trinajstić information content (AvgIpc) is 3.99. The fraction of sp³-hybridized carbons (Fsp3) is 0.0182. The highest BCUT2D eigenvalue weighted by Crippen LogP contribution is 2.70. The minimum atomic E-state index is -0.299. The van der Waals surface area contributed by atoms with Gasteiger partial charge >= 0.3 is 0 Å². The van der Waals surface area contributed by atoms with Crippen molar-refractivity contribution in [3.63, 3.8) is 0 Å². The highest BCUT2D eigenvalue weighted by Gasteiger charge is 2.57. The lowest BCUT2D eigenvalue weighted by Crippen LogP contribution is -2.23. The van der Waals surface area contributed by atoms with E-state index >= 15 is 0 Å². The fourth-order valence-electron chi connectivity index (χ4n) is 10.5. The highest BCUT2D eigenvalue weighted by atomic mass is 16.3. The lowest BCUT2D eigenvalue weighted by atomic mass is 9.73. The van der Waals surface area contributed by atoms with Gasteiger partial charge in [0.1, 0.15) is 11.2 Å². The summed E-state index contributed by atoms with van der Waals surface area (Å²) in [6.45, 7) is 0. The third kappa shape index (κ3) is 4.04. The average molecular weight is 724 g/mol. The third-order valence-electron chi connectivity index (χ3n) is 12.8. The number of nitrogens with zero attached hydrogens (tertiary/aromatic N) is 1. The Morgan fingerprint density at radius 1 is 0.333 bits per heavy atom. The zero-order valence-corrected chi connectivity index (χ0v) is 30.9. The van der Waals surface area contributed by atoms with E-state index in [4.69, 9.17) is 4.42 Å². The molecule has 0 radical (unpaired) electrons. The maximum Gasteiger partial charge on any atom is 0.137 e. The first-order valence-corrected chi connectivity index (χ1v) is 19.8. The number of hydrogen-bond donors (Lipinski definition) is 0. The summed E-state index contributed by atoms with van der Waals surface area (Å²) in [5.41, 5.74) is 23.3. The van der Waals surface area contributed by atoms with E-state index in [-0.39, 0.29) is 5.41 Å². The fourth-order valence-corrected chi connectivity index (χ4v) is 10.5. The maximum atomic E-state index is 6.43. The Labute approximate surface area is 330 Å². The van der Waals surface area contributed by atoms with E-state index < -0.39 is 0 Å². The summed E-state index contributed by atoms with van der Waals surface area (Å²) in [7, 11) is 0. The Hall–Kier alpha value is -7.42. The van der Waals surface area contributed by atoms with Crippen molar-refractivity contribution >= 4 is 39.0 Å². The van der Waals surface area contributed by atoms with Gasteiger partial charge in [0.25, 0.3) is 0 Å². The van der Waals surface area contributed by atoms with E-state index in [2.05, 4.69) is 193 Å². The summed E-state index contributed by atoms with van der Waals surface area (Å²) in [5.74, 6) is 0. The summed E-state index contributed by atoms with van der Waals surface area (Å²) < 4.78 is 6.43. The second-order valence-corrected chi connectivity index (χ2v) is 15.6. The van der Waals surface area contributed by atoms with Gasteiger partial charge in [-0.05, 0) is 115 Å². The van der Waals surface area contributed by atoms with Crippen molar-refractivity contribution in [3.8, 4) is 55.6 Å². The first-order valence-electron chi connectivity index (χ1n) is 19.8. The molecule has 3 aliphatic carbocycles. The van der Waals surface area contributed by atoms with E-state index in [9.17, 15) is 0 Å². The molecule has 13 rings (SSSR count). The van der Waals surface area contributed by atoms with Gasteiger partial charge in [0, 0.05) is 33.8 Å². The van der Waals surface area contributed by atoms with Crippen molar-refractivity contribution in [2.24, 2.45) is 0 Å². The van der Waals surface area contributed by atoms with Gasteiger partial charge in [-0.1, -0.05) is 152 Å². The number of furan rings is 1. The molecule has 1 heterocycles. The highest BCUT2D eigenvalue weighted by molar-refractivity contribution is 6.08. The van der Waals surface area contributed by atoms with Crippen LogP contribution < -0.4 is 4.90 Å². The van der Waals surface area contributed by atoms with Gasteiger partial charge < -0.3 is 9.32 Å². The number of benzene rings is 9. The van der Waals surface area contributed by atoms with Crippen molar-refractivity contribution in [1.82, 2.24) is 0 Å². The maximum absolute atomic E-state index is 6.43. The lowest BCUT2D eigenvalue weighted by Gasteiger charge is -2.28. The van der Waals surface area contributed by atoms with Gasteiger partial charge in [-0.3, -0.25) is 0 Å². The number of para-hydroxylation sites is 2. The molecule has 0 N–H and O–H groups in total. The second-order valence-electron chi connectivity index (χ2n) is 15.6. The smallest absolute Gasteiger partial charge is 0.137 e. The van der Waals surface area contributed by atoms with Crippen LogP contribution in [-0.4, -0.2) is 0 Å². The van der Waals surface area contributed by atoms with Crippen molar-refractivity contribution in [2.75, 3.05) is 4.90 Å². The molecule has 0 bridgehead atoms. The van der Waals surface area contributed by atoms with Gasteiger partial charge in [0.2, 0.25) is 0 Å². The Morgan fingerprint density at radius 3 is 1.70 bits per heavy atom. The third-order valence-corrected chi connectivity index (χ3v) is 12.8. The molecule has 1 aromatic heterocycles. The van der Waals surface area contributed by atoms with Gasteiger partial charge in [-0.15, -0.1) is 0 Å². The van der Waals surface area contributed by atoms with Crippen LogP contribution in [0.4, 0.5) is 17.1 Å². The molecule has 1 unspecified atom stereocenters. The predicted molar refractivity (Wildman–Crippen MR) is 235 cm³/mol. The Morgan fingerprint density at radius 2 is 0.912 bits per heavy atom. The molecule has 57 heavy (non-hydrogen) atoms. The Bertz CT molecular complexity index is 3260. The molecule has 0 amide bonds. The molecule has 10 aromatic rings. The monoisotopic (exact) mass is 723 g/mol. The largest absolute Gasteiger partial charge is 0.456 e. The van der Waals surface area contributed by atoms with Crippen LogP contribution in [0.25, 0.3) is 77.6 Å². The minimum Gasteiger partial charge on any atom is -0.456 e.